The number of fused-ring (bicyclic) bond motifs is 1. The van der Waals surface area contributed by atoms with E-state index >= 15 is 0 Å². The number of nitrogens with one attached hydrogen (secondary N) is 2. The van der Waals surface area contributed by atoms with Crippen molar-refractivity contribution in [2.24, 2.45) is 0 Å². The zero-order valence-corrected chi connectivity index (χ0v) is 16.7. The number of alkyl halides is 3. The van der Waals surface area contributed by atoms with Gasteiger partial charge in [-0.25, -0.2) is 9.78 Å². The molecule has 1 heterocycles. The molecule has 0 radical (unpaired) electrons. The minimum Gasteiger partial charge on any atom is -0.439 e. The van der Waals surface area contributed by atoms with Crippen molar-refractivity contribution in [3.8, 4) is 11.6 Å². The molecule has 32 heavy (non-hydrogen) atoms. The molecule has 0 saturated heterocycles. The molecule has 0 aliphatic heterocycles. The summed E-state index contributed by atoms with van der Waals surface area (Å²) in [6, 6.07) is 12.0. The number of hydrogen-bond acceptors (Lipinski definition) is 4. The molecule has 2 aromatic carbocycles. The van der Waals surface area contributed by atoms with Crippen LogP contribution in [-0.2, 0) is 12.6 Å². The van der Waals surface area contributed by atoms with Gasteiger partial charge in [-0.2, -0.15) is 13.2 Å². The number of rotatable bonds is 4. The van der Waals surface area contributed by atoms with Crippen LogP contribution < -0.4 is 15.4 Å². The van der Waals surface area contributed by atoms with Gasteiger partial charge in [0, 0.05) is 29.3 Å². The van der Waals surface area contributed by atoms with Gasteiger partial charge in [0.25, 0.3) is 0 Å². The number of nitrogens with zero attached hydrogens (tertiary/aromatic N) is 1. The molecular weight excluding hydrogens is 423 g/mol. The highest BCUT2D eigenvalue weighted by Gasteiger charge is 2.30. The first-order valence-corrected chi connectivity index (χ1v) is 9.84. The van der Waals surface area contributed by atoms with Gasteiger partial charge in [-0.05, 0) is 49.2 Å². The van der Waals surface area contributed by atoms with E-state index in [0.29, 0.717) is 29.3 Å². The third-order valence-corrected chi connectivity index (χ3v) is 4.94. The molecule has 0 atom stereocenters. The summed E-state index contributed by atoms with van der Waals surface area (Å²) in [5.74, 6) is 0.970. The van der Waals surface area contributed by atoms with Crippen LogP contribution >= 0.6 is 0 Å². The quantitative estimate of drug-likeness (QED) is 0.516. The van der Waals surface area contributed by atoms with Gasteiger partial charge in [-0.15, -0.1) is 0 Å². The zero-order chi connectivity index (χ0) is 22.7. The Hall–Kier alpha value is -3.88. The van der Waals surface area contributed by atoms with Crippen LogP contribution in [0, 0.1) is 0 Å². The highest BCUT2D eigenvalue weighted by atomic mass is 19.4. The SMILES string of the molecule is O=C(Nc1ccc(C(F)(F)F)cc1)Nc1ccc(Oc2cccc3c2CCCC3=O)nc1. The predicted octanol–water partition coefficient (Wildman–Crippen LogP) is 6.06. The van der Waals surface area contributed by atoms with E-state index in [0.717, 1.165) is 30.5 Å². The maximum Gasteiger partial charge on any atom is 0.416 e. The molecule has 0 spiro atoms. The van der Waals surface area contributed by atoms with Crippen LogP contribution in [0.3, 0.4) is 0 Å². The number of ketones is 1. The first kappa shape index (κ1) is 21.4. The van der Waals surface area contributed by atoms with Crippen molar-refractivity contribution < 1.29 is 27.5 Å². The standard InChI is InChI=1S/C23H18F3N3O3/c24-23(25,26)14-7-9-15(10-8-14)28-22(31)29-16-11-12-21(27-13-16)32-20-6-2-3-17-18(20)4-1-5-19(17)30/h2-3,6-13H,1,4-5H2,(H2,28,29,31). The Balaban J connectivity index is 1.38. The van der Waals surface area contributed by atoms with Crippen molar-refractivity contribution in [2.75, 3.05) is 10.6 Å². The molecule has 0 bridgehead atoms. The largest absolute Gasteiger partial charge is 0.439 e. The summed E-state index contributed by atoms with van der Waals surface area (Å²) >= 11 is 0. The van der Waals surface area contributed by atoms with E-state index in [9.17, 15) is 22.8 Å². The number of urea groups is 1. The van der Waals surface area contributed by atoms with Crippen LogP contribution in [0.25, 0.3) is 0 Å². The van der Waals surface area contributed by atoms with Crippen molar-refractivity contribution in [3.05, 3.63) is 77.5 Å². The van der Waals surface area contributed by atoms with Gasteiger partial charge < -0.3 is 15.4 Å². The predicted molar refractivity (Wildman–Crippen MR) is 112 cm³/mol. The number of aromatic nitrogens is 1. The van der Waals surface area contributed by atoms with Crippen LogP contribution in [0.1, 0.15) is 34.3 Å². The molecule has 0 unspecified atom stereocenters. The van der Waals surface area contributed by atoms with Gasteiger partial charge >= 0.3 is 12.2 Å². The molecule has 6 nitrogen and oxygen atoms in total. The Kier molecular flexibility index (Phi) is 5.81. The fourth-order valence-corrected chi connectivity index (χ4v) is 3.40. The Labute approximate surface area is 181 Å². The fraction of sp³-hybridized carbons (Fsp3) is 0.174. The Morgan fingerprint density at radius 1 is 0.938 bits per heavy atom. The minimum absolute atomic E-state index is 0.100. The van der Waals surface area contributed by atoms with Crippen molar-refractivity contribution in [1.82, 2.24) is 4.98 Å². The lowest BCUT2D eigenvalue weighted by Gasteiger charge is -2.18. The fourth-order valence-electron chi connectivity index (χ4n) is 3.40. The Morgan fingerprint density at radius 3 is 2.34 bits per heavy atom. The van der Waals surface area contributed by atoms with Crippen molar-refractivity contribution in [3.63, 3.8) is 0 Å². The van der Waals surface area contributed by atoms with Crippen molar-refractivity contribution in [2.45, 2.75) is 25.4 Å². The Bertz CT molecular complexity index is 1140. The maximum atomic E-state index is 12.6. The molecular formula is C23H18F3N3O3. The number of Topliss-reactive ketones (excluding diaryl/α,β-unsaturated/α-hetero) is 1. The summed E-state index contributed by atoms with van der Waals surface area (Å²) in [7, 11) is 0. The summed E-state index contributed by atoms with van der Waals surface area (Å²) in [4.78, 5) is 28.3. The second-order valence-electron chi connectivity index (χ2n) is 7.20. The van der Waals surface area contributed by atoms with Gasteiger partial charge in [0.2, 0.25) is 5.88 Å². The lowest BCUT2D eigenvalue weighted by molar-refractivity contribution is -0.137. The molecule has 1 aliphatic carbocycles. The topological polar surface area (TPSA) is 80.3 Å². The molecule has 9 heteroatoms. The van der Waals surface area contributed by atoms with Crippen LogP contribution in [0.5, 0.6) is 11.6 Å². The van der Waals surface area contributed by atoms with Crippen LogP contribution in [-0.4, -0.2) is 16.8 Å². The average molecular weight is 441 g/mol. The molecule has 0 saturated carbocycles. The zero-order valence-electron chi connectivity index (χ0n) is 16.7. The summed E-state index contributed by atoms with van der Waals surface area (Å²) < 4.78 is 43.7. The number of carbonyl (C=O) groups excluding carboxylic acids is 2. The van der Waals surface area contributed by atoms with Gasteiger partial charge in [-0.1, -0.05) is 12.1 Å². The molecule has 4 rings (SSSR count). The van der Waals surface area contributed by atoms with Gasteiger partial charge in [0.05, 0.1) is 17.4 Å². The van der Waals surface area contributed by atoms with E-state index < -0.39 is 17.8 Å². The molecule has 164 valence electrons. The summed E-state index contributed by atoms with van der Waals surface area (Å²) in [6.45, 7) is 0. The van der Waals surface area contributed by atoms with Gasteiger partial charge in [-0.3, -0.25) is 4.79 Å². The number of ether oxygens (including phenoxy) is 1. The molecule has 0 fully saturated rings. The van der Waals surface area contributed by atoms with E-state index in [1.807, 2.05) is 0 Å². The van der Waals surface area contributed by atoms with E-state index in [-0.39, 0.29) is 11.5 Å². The molecule has 1 aromatic heterocycles. The molecule has 3 aromatic rings. The van der Waals surface area contributed by atoms with E-state index in [2.05, 4.69) is 15.6 Å². The number of pyridine rings is 1. The number of amides is 2. The molecule has 2 N–H and O–H groups in total. The van der Waals surface area contributed by atoms with Crippen LogP contribution in [0.4, 0.5) is 29.3 Å². The molecule has 1 aliphatic rings. The van der Waals surface area contributed by atoms with Crippen molar-refractivity contribution >= 4 is 23.2 Å². The smallest absolute Gasteiger partial charge is 0.416 e. The van der Waals surface area contributed by atoms with Gasteiger partial charge in [0.1, 0.15) is 5.75 Å². The van der Waals surface area contributed by atoms with Crippen LogP contribution in [0.15, 0.2) is 60.8 Å². The highest BCUT2D eigenvalue weighted by Crippen LogP contribution is 2.32. The average Bonchev–Trinajstić information content (AvgIpc) is 2.75. The van der Waals surface area contributed by atoms with E-state index in [1.54, 1.807) is 30.3 Å². The van der Waals surface area contributed by atoms with Crippen LogP contribution in [0.2, 0.25) is 0 Å². The summed E-state index contributed by atoms with van der Waals surface area (Å²) in [5, 5.41) is 5.00. The minimum atomic E-state index is -4.44. The lowest BCUT2D eigenvalue weighted by atomic mass is 9.90. The second kappa shape index (κ2) is 8.70. The lowest BCUT2D eigenvalue weighted by Crippen LogP contribution is -2.19. The Morgan fingerprint density at radius 2 is 1.66 bits per heavy atom. The first-order valence-electron chi connectivity index (χ1n) is 9.84. The second-order valence-corrected chi connectivity index (χ2v) is 7.20. The summed E-state index contributed by atoms with van der Waals surface area (Å²) in [5.41, 5.74) is 1.32. The first-order chi connectivity index (χ1) is 15.3. The van der Waals surface area contributed by atoms with E-state index in [4.69, 9.17) is 4.74 Å². The molecule has 2 amide bonds. The van der Waals surface area contributed by atoms with E-state index in [1.165, 1.54) is 18.3 Å². The number of benzene rings is 2. The normalized spacial score (nSPS) is 13.3. The number of halogens is 3. The maximum absolute atomic E-state index is 12.6. The third kappa shape index (κ3) is 4.88. The van der Waals surface area contributed by atoms with Gasteiger partial charge in [0.15, 0.2) is 5.78 Å². The monoisotopic (exact) mass is 441 g/mol. The number of hydrogen-bond donors (Lipinski definition) is 2. The summed E-state index contributed by atoms with van der Waals surface area (Å²) in [6.07, 6.45) is -0.992. The van der Waals surface area contributed by atoms with Crippen molar-refractivity contribution in [1.29, 1.82) is 0 Å². The third-order valence-electron chi connectivity index (χ3n) is 4.94. The highest BCUT2D eigenvalue weighted by molar-refractivity contribution is 6.00. The number of anilines is 2. The number of carbonyl (C=O) groups is 2.